The number of nitrogens with zero attached hydrogens (tertiary/aromatic N) is 1. The summed E-state index contributed by atoms with van der Waals surface area (Å²) in [7, 11) is 0. The van der Waals surface area contributed by atoms with Crippen LogP contribution in [0.3, 0.4) is 0 Å². The van der Waals surface area contributed by atoms with E-state index >= 15 is 0 Å². The van der Waals surface area contributed by atoms with Gasteiger partial charge in [0.05, 0.1) is 0 Å². The summed E-state index contributed by atoms with van der Waals surface area (Å²) in [5.74, 6) is 2.92. The van der Waals surface area contributed by atoms with Crippen molar-refractivity contribution in [3.63, 3.8) is 0 Å². The molecule has 1 spiro atoms. The van der Waals surface area contributed by atoms with Crippen LogP contribution in [0.15, 0.2) is 39.2 Å². The number of nitrogens with one attached hydrogen (secondary N) is 1. The summed E-state index contributed by atoms with van der Waals surface area (Å²) in [5, 5.41) is 4.13. The molecule has 2 aliphatic carbocycles. The van der Waals surface area contributed by atoms with Crippen LogP contribution in [0.5, 0.6) is 0 Å². The zero-order chi connectivity index (χ0) is 17.9. The van der Waals surface area contributed by atoms with Gasteiger partial charge in [0.15, 0.2) is 17.2 Å². The van der Waals surface area contributed by atoms with Crippen molar-refractivity contribution in [3.8, 4) is 0 Å². The summed E-state index contributed by atoms with van der Waals surface area (Å²) in [5.41, 5.74) is 2.09. The third kappa shape index (κ3) is 2.74. The Bertz CT molecular complexity index is 994. The maximum absolute atomic E-state index is 6.03. The molecule has 0 saturated heterocycles. The first-order chi connectivity index (χ1) is 12.5. The largest absolute Gasteiger partial charge is 0.459 e. The van der Waals surface area contributed by atoms with Gasteiger partial charge >= 0.3 is 0 Å². The molecule has 2 heterocycles. The summed E-state index contributed by atoms with van der Waals surface area (Å²) in [6.07, 6.45) is 4.57. The van der Waals surface area contributed by atoms with Crippen LogP contribution in [-0.4, -0.2) is 16.0 Å². The second-order valence-corrected chi connectivity index (χ2v) is 8.60. The molecule has 0 aliphatic heterocycles. The van der Waals surface area contributed by atoms with Crippen molar-refractivity contribution in [2.75, 3.05) is 0 Å². The number of oxazole rings is 1. The second-order valence-electron chi connectivity index (χ2n) is 7.76. The first-order valence-electron chi connectivity index (χ1n) is 8.93. The SMILES string of the molecule is Cc1ccc(C(=S)NC2CC3(C2)CC(c2nc4cc(Cl)ccc4o2)C3)o1. The van der Waals surface area contributed by atoms with Crippen molar-refractivity contribution >= 4 is 39.9 Å². The lowest BCUT2D eigenvalue weighted by Gasteiger charge is -2.57. The second kappa shape index (κ2) is 5.83. The van der Waals surface area contributed by atoms with Gasteiger partial charge in [0.25, 0.3) is 0 Å². The molecule has 6 heteroatoms. The lowest BCUT2D eigenvalue weighted by atomic mass is 9.50. The quantitative estimate of drug-likeness (QED) is 0.613. The van der Waals surface area contributed by atoms with E-state index in [1.54, 1.807) is 0 Å². The molecule has 2 fully saturated rings. The minimum absolute atomic E-state index is 0.418. The highest BCUT2D eigenvalue weighted by atomic mass is 35.5. The van der Waals surface area contributed by atoms with Crippen molar-refractivity contribution in [1.29, 1.82) is 0 Å². The minimum Gasteiger partial charge on any atom is -0.459 e. The predicted molar refractivity (Wildman–Crippen MR) is 105 cm³/mol. The molecule has 26 heavy (non-hydrogen) atoms. The fraction of sp³-hybridized carbons (Fsp3) is 0.400. The van der Waals surface area contributed by atoms with Gasteiger partial charge in [-0.15, -0.1) is 0 Å². The Morgan fingerprint density at radius 2 is 2.00 bits per heavy atom. The topological polar surface area (TPSA) is 51.2 Å². The summed E-state index contributed by atoms with van der Waals surface area (Å²) in [6.45, 7) is 1.93. The third-order valence-electron chi connectivity index (χ3n) is 5.73. The van der Waals surface area contributed by atoms with Crippen LogP contribution in [0.1, 0.15) is 49.0 Å². The van der Waals surface area contributed by atoms with E-state index in [0.29, 0.717) is 27.4 Å². The van der Waals surface area contributed by atoms with E-state index in [2.05, 4.69) is 10.3 Å². The van der Waals surface area contributed by atoms with Crippen LogP contribution in [0.25, 0.3) is 11.1 Å². The van der Waals surface area contributed by atoms with E-state index in [9.17, 15) is 0 Å². The standard InChI is InChI=1S/C20H19ClN2O2S/c1-11-2-4-17(24-11)19(26)22-14-9-20(10-14)7-12(8-20)18-23-15-6-13(21)3-5-16(15)25-18/h2-6,12,14H,7-10H2,1H3,(H,22,26). The van der Waals surface area contributed by atoms with Crippen LogP contribution < -0.4 is 5.32 Å². The van der Waals surface area contributed by atoms with E-state index in [0.717, 1.165) is 54.2 Å². The van der Waals surface area contributed by atoms with Gasteiger partial charge in [-0.05, 0) is 68.4 Å². The average molecular weight is 387 g/mol. The number of rotatable bonds is 3. The van der Waals surface area contributed by atoms with Crippen molar-refractivity contribution in [1.82, 2.24) is 10.3 Å². The highest BCUT2D eigenvalue weighted by molar-refractivity contribution is 7.80. The number of hydrogen-bond acceptors (Lipinski definition) is 4. The molecule has 2 aliphatic rings. The van der Waals surface area contributed by atoms with Gasteiger partial charge in [-0.2, -0.15) is 0 Å². The molecular formula is C20H19ClN2O2S. The summed E-state index contributed by atoms with van der Waals surface area (Å²) >= 11 is 11.5. The Hall–Kier alpha value is -1.85. The lowest BCUT2D eigenvalue weighted by Crippen LogP contribution is -2.55. The molecule has 2 aromatic heterocycles. The summed E-state index contributed by atoms with van der Waals surface area (Å²) in [4.78, 5) is 5.34. The normalized spacial score (nSPS) is 27.3. The van der Waals surface area contributed by atoms with Crippen LogP contribution in [-0.2, 0) is 0 Å². The molecule has 3 aromatic rings. The first-order valence-corrected chi connectivity index (χ1v) is 9.72. The smallest absolute Gasteiger partial charge is 0.198 e. The molecule has 0 unspecified atom stereocenters. The molecule has 4 nitrogen and oxygen atoms in total. The molecular weight excluding hydrogens is 368 g/mol. The molecule has 1 N–H and O–H groups in total. The number of aromatic nitrogens is 1. The molecule has 134 valence electrons. The van der Waals surface area contributed by atoms with Crippen LogP contribution in [0.4, 0.5) is 0 Å². The number of halogens is 1. The van der Waals surface area contributed by atoms with E-state index in [1.807, 2.05) is 37.3 Å². The number of benzene rings is 1. The fourth-order valence-electron chi connectivity index (χ4n) is 4.49. The summed E-state index contributed by atoms with van der Waals surface area (Å²) in [6, 6.07) is 9.90. The van der Waals surface area contributed by atoms with Gasteiger partial charge in [-0.1, -0.05) is 23.8 Å². The van der Waals surface area contributed by atoms with E-state index < -0.39 is 0 Å². The lowest BCUT2D eigenvalue weighted by molar-refractivity contribution is -0.0216. The molecule has 0 amide bonds. The van der Waals surface area contributed by atoms with Crippen molar-refractivity contribution in [2.45, 2.75) is 44.6 Å². The van der Waals surface area contributed by atoms with E-state index in [-0.39, 0.29) is 0 Å². The predicted octanol–water partition coefficient (Wildman–Crippen LogP) is 5.37. The Labute approximate surface area is 161 Å². The molecule has 0 bridgehead atoms. The number of fused-ring (bicyclic) bond motifs is 1. The number of furan rings is 1. The minimum atomic E-state index is 0.418. The van der Waals surface area contributed by atoms with Gasteiger partial charge < -0.3 is 14.2 Å². The van der Waals surface area contributed by atoms with Gasteiger partial charge in [0.1, 0.15) is 16.3 Å². The Balaban J connectivity index is 1.18. The van der Waals surface area contributed by atoms with Gasteiger partial charge in [-0.3, -0.25) is 0 Å². The third-order valence-corrected chi connectivity index (χ3v) is 6.29. The van der Waals surface area contributed by atoms with E-state index in [4.69, 9.17) is 32.7 Å². The molecule has 2 saturated carbocycles. The average Bonchev–Trinajstić information content (AvgIpc) is 3.13. The van der Waals surface area contributed by atoms with Crippen LogP contribution in [0, 0.1) is 12.3 Å². The molecule has 5 rings (SSSR count). The maximum atomic E-state index is 6.03. The van der Waals surface area contributed by atoms with Gasteiger partial charge in [-0.25, -0.2) is 4.98 Å². The number of thiocarbonyl (C=S) groups is 1. The van der Waals surface area contributed by atoms with E-state index in [1.165, 1.54) is 0 Å². The fourth-order valence-corrected chi connectivity index (χ4v) is 4.93. The van der Waals surface area contributed by atoms with Gasteiger partial charge in [0, 0.05) is 17.0 Å². The zero-order valence-corrected chi connectivity index (χ0v) is 16.0. The Morgan fingerprint density at radius 1 is 1.19 bits per heavy atom. The first kappa shape index (κ1) is 16.3. The van der Waals surface area contributed by atoms with Crippen molar-refractivity contribution < 1.29 is 8.83 Å². The maximum Gasteiger partial charge on any atom is 0.198 e. The van der Waals surface area contributed by atoms with Gasteiger partial charge in [0.2, 0.25) is 0 Å². The summed E-state index contributed by atoms with van der Waals surface area (Å²) < 4.78 is 11.5. The number of hydrogen-bond donors (Lipinski definition) is 1. The highest BCUT2D eigenvalue weighted by Crippen LogP contribution is 2.61. The molecule has 1 aromatic carbocycles. The van der Waals surface area contributed by atoms with Crippen LogP contribution in [0.2, 0.25) is 5.02 Å². The van der Waals surface area contributed by atoms with Crippen molar-refractivity contribution in [3.05, 3.63) is 52.8 Å². The van der Waals surface area contributed by atoms with Crippen molar-refractivity contribution in [2.24, 2.45) is 5.41 Å². The molecule has 0 atom stereocenters. The Morgan fingerprint density at radius 3 is 2.73 bits per heavy atom. The van der Waals surface area contributed by atoms with Crippen LogP contribution >= 0.6 is 23.8 Å². The monoisotopic (exact) mass is 386 g/mol. The molecule has 0 radical (unpaired) electrons. The Kier molecular flexibility index (Phi) is 3.66. The highest BCUT2D eigenvalue weighted by Gasteiger charge is 2.54. The number of aryl methyl sites for hydroxylation is 1. The zero-order valence-electron chi connectivity index (χ0n) is 14.4.